The third-order valence-electron chi connectivity index (χ3n) is 2.13. The van der Waals surface area contributed by atoms with Gasteiger partial charge in [0.15, 0.2) is 5.78 Å². The first-order valence-electron chi connectivity index (χ1n) is 4.02. The lowest BCUT2D eigenvalue weighted by Gasteiger charge is -2.13. The second kappa shape index (κ2) is 2.98. The summed E-state index contributed by atoms with van der Waals surface area (Å²) in [4.78, 5) is 21.9. The zero-order chi connectivity index (χ0) is 9.26. The summed E-state index contributed by atoms with van der Waals surface area (Å²) < 4.78 is 0. The number of hydrogen-bond acceptors (Lipinski definition) is 2. The van der Waals surface area contributed by atoms with Gasteiger partial charge in [0.25, 0.3) is 0 Å². The fourth-order valence-corrected chi connectivity index (χ4v) is 1.47. The van der Waals surface area contributed by atoms with Crippen molar-refractivity contribution in [3.63, 3.8) is 0 Å². The molecule has 0 bridgehead atoms. The fourth-order valence-electron chi connectivity index (χ4n) is 1.47. The SMILES string of the molecule is O=[C]C1C=CC(=O)c2ccccc21. The molecular formula is C11H7O2. The number of benzene rings is 1. The standard InChI is InChI=1S/C11H7O2/c12-7-8-5-6-11(13)10-4-2-1-3-9(8)10/h1-6,8H. The average Bonchev–Trinajstić information content (AvgIpc) is 2.19. The largest absolute Gasteiger partial charge is 0.290 e. The monoisotopic (exact) mass is 171 g/mol. The molecular weight excluding hydrogens is 164 g/mol. The van der Waals surface area contributed by atoms with Crippen LogP contribution < -0.4 is 0 Å². The second-order valence-corrected chi connectivity index (χ2v) is 2.91. The Balaban J connectivity index is 2.60. The molecule has 1 aromatic carbocycles. The van der Waals surface area contributed by atoms with Crippen molar-refractivity contribution in [2.24, 2.45) is 0 Å². The second-order valence-electron chi connectivity index (χ2n) is 2.91. The van der Waals surface area contributed by atoms with Crippen LogP contribution in [0.1, 0.15) is 21.8 Å². The van der Waals surface area contributed by atoms with Crippen LogP contribution in [0.25, 0.3) is 0 Å². The van der Waals surface area contributed by atoms with Crippen molar-refractivity contribution in [2.75, 3.05) is 0 Å². The molecule has 63 valence electrons. The lowest BCUT2D eigenvalue weighted by Crippen LogP contribution is -2.10. The molecule has 1 aliphatic carbocycles. The van der Waals surface area contributed by atoms with Crippen LogP contribution in [0.3, 0.4) is 0 Å². The van der Waals surface area contributed by atoms with E-state index in [0.717, 1.165) is 5.56 Å². The Kier molecular flexibility index (Phi) is 1.81. The van der Waals surface area contributed by atoms with E-state index in [0.29, 0.717) is 5.56 Å². The van der Waals surface area contributed by atoms with Gasteiger partial charge in [-0.3, -0.25) is 9.59 Å². The summed E-state index contributed by atoms with van der Waals surface area (Å²) in [5, 5.41) is 0. The predicted octanol–water partition coefficient (Wildman–Crippen LogP) is 1.63. The smallest absolute Gasteiger partial charge is 0.210 e. The molecule has 0 spiro atoms. The molecule has 1 radical (unpaired) electrons. The Morgan fingerprint density at radius 1 is 1.23 bits per heavy atom. The third kappa shape index (κ3) is 1.20. The van der Waals surface area contributed by atoms with E-state index in [2.05, 4.69) is 0 Å². The number of carbonyl (C=O) groups is 1. The maximum absolute atomic E-state index is 11.3. The van der Waals surface area contributed by atoms with Gasteiger partial charge in [-0.2, -0.15) is 0 Å². The predicted molar refractivity (Wildman–Crippen MR) is 48.3 cm³/mol. The first-order valence-corrected chi connectivity index (χ1v) is 4.02. The first kappa shape index (κ1) is 7.92. The highest BCUT2D eigenvalue weighted by atomic mass is 16.1. The van der Waals surface area contributed by atoms with E-state index in [-0.39, 0.29) is 11.7 Å². The van der Waals surface area contributed by atoms with Crippen LogP contribution in [0.15, 0.2) is 36.4 Å². The van der Waals surface area contributed by atoms with Crippen molar-refractivity contribution in [3.8, 4) is 0 Å². The minimum absolute atomic E-state index is 0.0397. The van der Waals surface area contributed by atoms with E-state index in [1.165, 1.54) is 6.08 Å². The van der Waals surface area contributed by atoms with Gasteiger partial charge < -0.3 is 0 Å². The molecule has 2 heteroatoms. The summed E-state index contributed by atoms with van der Waals surface area (Å²) in [6.07, 6.45) is 4.90. The van der Waals surface area contributed by atoms with Crippen molar-refractivity contribution in [1.82, 2.24) is 0 Å². The molecule has 1 aliphatic rings. The van der Waals surface area contributed by atoms with E-state index in [1.807, 2.05) is 12.4 Å². The summed E-state index contributed by atoms with van der Waals surface area (Å²) >= 11 is 0. The fraction of sp³-hybridized carbons (Fsp3) is 0.0909. The van der Waals surface area contributed by atoms with Crippen LogP contribution in [0.4, 0.5) is 0 Å². The summed E-state index contributed by atoms with van der Waals surface area (Å²) in [6.45, 7) is 0. The zero-order valence-electron chi connectivity index (χ0n) is 6.86. The van der Waals surface area contributed by atoms with E-state index >= 15 is 0 Å². The summed E-state index contributed by atoms with van der Waals surface area (Å²) in [5.74, 6) is -0.420. The van der Waals surface area contributed by atoms with Crippen molar-refractivity contribution < 1.29 is 9.59 Å². The Bertz CT molecular complexity index is 391. The Labute approximate surface area is 75.9 Å². The van der Waals surface area contributed by atoms with Gasteiger partial charge in [0.2, 0.25) is 6.29 Å². The third-order valence-corrected chi connectivity index (χ3v) is 2.13. The lowest BCUT2D eigenvalue weighted by atomic mass is 9.88. The molecule has 0 aromatic heterocycles. The number of ketones is 1. The highest BCUT2D eigenvalue weighted by Crippen LogP contribution is 2.24. The number of hydrogen-bond donors (Lipinski definition) is 0. The number of carbonyl (C=O) groups excluding carboxylic acids is 2. The van der Waals surface area contributed by atoms with Gasteiger partial charge in [-0.1, -0.05) is 30.3 Å². The van der Waals surface area contributed by atoms with Crippen molar-refractivity contribution >= 4 is 12.1 Å². The molecule has 2 nitrogen and oxygen atoms in total. The number of fused-ring (bicyclic) bond motifs is 1. The highest BCUT2D eigenvalue weighted by molar-refractivity contribution is 6.08. The minimum atomic E-state index is -0.381. The topological polar surface area (TPSA) is 34.1 Å². The van der Waals surface area contributed by atoms with E-state index in [4.69, 9.17) is 0 Å². The van der Waals surface area contributed by atoms with Gasteiger partial charge in [0.1, 0.15) is 0 Å². The molecule has 0 aliphatic heterocycles. The van der Waals surface area contributed by atoms with Gasteiger partial charge in [-0.25, -0.2) is 0 Å². The molecule has 0 N–H and O–H groups in total. The molecule has 2 rings (SSSR count). The Morgan fingerprint density at radius 3 is 2.77 bits per heavy atom. The maximum atomic E-state index is 11.3. The normalized spacial score (nSPS) is 19.7. The Morgan fingerprint density at radius 2 is 2.00 bits per heavy atom. The summed E-state index contributed by atoms with van der Waals surface area (Å²) in [7, 11) is 0. The quantitative estimate of drug-likeness (QED) is 0.643. The van der Waals surface area contributed by atoms with E-state index in [9.17, 15) is 9.59 Å². The molecule has 0 heterocycles. The first-order chi connectivity index (χ1) is 6.33. The number of rotatable bonds is 1. The van der Waals surface area contributed by atoms with Crippen LogP contribution in [0, 0.1) is 0 Å². The van der Waals surface area contributed by atoms with Crippen molar-refractivity contribution in [2.45, 2.75) is 5.92 Å². The van der Waals surface area contributed by atoms with Gasteiger partial charge in [0, 0.05) is 5.56 Å². The minimum Gasteiger partial charge on any atom is -0.290 e. The van der Waals surface area contributed by atoms with Crippen LogP contribution in [0.5, 0.6) is 0 Å². The van der Waals surface area contributed by atoms with Crippen molar-refractivity contribution in [3.05, 3.63) is 47.5 Å². The average molecular weight is 171 g/mol. The highest BCUT2D eigenvalue weighted by Gasteiger charge is 2.19. The molecule has 1 aromatic rings. The molecule has 0 saturated carbocycles. The molecule has 0 saturated heterocycles. The van der Waals surface area contributed by atoms with Crippen LogP contribution in [0.2, 0.25) is 0 Å². The Hall–Kier alpha value is -1.70. The number of allylic oxidation sites excluding steroid dienone is 2. The lowest BCUT2D eigenvalue weighted by molar-refractivity contribution is 0.104. The maximum Gasteiger partial charge on any atom is 0.210 e. The van der Waals surface area contributed by atoms with Crippen LogP contribution in [-0.4, -0.2) is 12.1 Å². The molecule has 1 atom stereocenters. The summed E-state index contributed by atoms with van der Waals surface area (Å²) in [6, 6.07) is 7.12. The van der Waals surface area contributed by atoms with Crippen LogP contribution >= 0.6 is 0 Å². The van der Waals surface area contributed by atoms with Crippen LogP contribution in [-0.2, 0) is 4.79 Å². The van der Waals surface area contributed by atoms with Gasteiger partial charge in [-0.15, -0.1) is 0 Å². The molecule has 0 fully saturated rings. The van der Waals surface area contributed by atoms with Gasteiger partial charge >= 0.3 is 0 Å². The van der Waals surface area contributed by atoms with E-state index < -0.39 is 0 Å². The summed E-state index contributed by atoms with van der Waals surface area (Å²) in [5.41, 5.74) is 1.36. The van der Waals surface area contributed by atoms with Gasteiger partial charge in [0.05, 0.1) is 5.92 Å². The van der Waals surface area contributed by atoms with Gasteiger partial charge in [-0.05, 0) is 11.6 Å². The molecule has 1 unspecified atom stereocenters. The van der Waals surface area contributed by atoms with Crippen molar-refractivity contribution in [1.29, 1.82) is 0 Å². The zero-order valence-corrected chi connectivity index (χ0v) is 6.86. The van der Waals surface area contributed by atoms with E-state index in [1.54, 1.807) is 24.3 Å². The molecule has 13 heavy (non-hydrogen) atoms. The molecule has 0 amide bonds.